The number of nitrogens with one attached hydrogen (secondary N) is 3. The van der Waals surface area contributed by atoms with Gasteiger partial charge >= 0.3 is 6.18 Å². The summed E-state index contributed by atoms with van der Waals surface area (Å²) < 4.78 is 46.1. The summed E-state index contributed by atoms with van der Waals surface area (Å²) in [6.07, 6.45) is 2.79. The number of amides is 2. The summed E-state index contributed by atoms with van der Waals surface area (Å²) in [7, 11) is 1.49. The summed E-state index contributed by atoms with van der Waals surface area (Å²) in [4.78, 5) is 39.4. The molecule has 11 nitrogen and oxygen atoms in total. The first-order valence-electron chi connectivity index (χ1n) is 16.8. The molecule has 2 aromatic heterocycles. The number of H-pyrrole nitrogens is 1. The largest absolute Gasteiger partial charge is 0.403 e. The lowest BCUT2D eigenvalue weighted by atomic mass is 9.88. The van der Waals surface area contributed by atoms with Gasteiger partial charge in [-0.05, 0) is 67.6 Å². The molecule has 3 N–H and O–H groups in total. The summed E-state index contributed by atoms with van der Waals surface area (Å²) in [6.45, 7) is 2.30. The molecule has 2 saturated heterocycles. The van der Waals surface area contributed by atoms with Crippen molar-refractivity contribution < 1.29 is 27.5 Å². The lowest BCUT2D eigenvalue weighted by Gasteiger charge is -2.31. The molecular weight excluding hydrogens is 649 g/mol. The van der Waals surface area contributed by atoms with Gasteiger partial charge in [0, 0.05) is 73.9 Å². The summed E-state index contributed by atoms with van der Waals surface area (Å²) >= 11 is 0. The average Bonchev–Trinajstić information content (AvgIpc) is 3.76. The molecule has 14 heteroatoms. The Morgan fingerprint density at radius 3 is 2.58 bits per heavy atom. The summed E-state index contributed by atoms with van der Waals surface area (Å²) in [6, 6.07) is 13.5. The summed E-state index contributed by atoms with van der Waals surface area (Å²) in [5, 5.41) is 13.4. The van der Waals surface area contributed by atoms with Crippen LogP contribution in [0.4, 0.5) is 18.9 Å². The second-order valence-electron chi connectivity index (χ2n) is 13.2. The molecule has 7 rings (SSSR count). The minimum Gasteiger partial charge on any atom is -0.367 e. The van der Waals surface area contributed by atoms with Gasteiger partial charge in [0.25, 0.3) is 5.91 Å². The maximum absolute atomic E-state index is 13.7. The SMILES string of the molecule is CO[C@@]1(C(=O)Nc2ccc3n[nH]c(C4CCNC(C(F)(F)F)C4)c3c2)CCN(CC(=O)N2CC=C(c3ccc(-c4ncccn4)cc3)CC2)C1. The van der Waals surface area contributed by atoms with Crippen LogP contribution >= 0.6 is 0 Å². The predicted molar refractivity (Wildman–Crippen MR) is 182 cm³/mol. The van der Waals surface area contributed by atoms with E-state index in [-0.39, 0.29) is 43.8 Å². The van der Waals surface area contributed by atoms with E-state index in [1.165, 1.54) is 12.7 Å². The van der Waals surface area contributed by atoms with E-state index >= 15 is 0 Å². The van der Waals surface area contributed by atoms with Gasteiger partial charge in [0.15, 0.2) is 11.4 Å². The van der Waals surface area contributed by atoms with E-state index in [0.717, 1.165) is 17.5 Å². The topological polar surface area (TPSA) is 128 Å². The maximum atomic E-state index is 13.7. The highest BCUT2D eigenvalue weighted by molar-refractivity contribution is 5.99. The molecule has 5 heterocycles. The van der Waals surface area contributed by atoms with Gasteiger partial charge in [0.05, 0.1) is 12.1 Å². The number of hydrogen-bond donors (Lipinski definition) is 3. The van der Waals surface area contributed by atoms with E-state index in [1.807, 2.05) is 21.9 Å². The van der Waals surface area contributed by atoms with Gasteiger partial charge in [-0.3, -0.25) is 19.6 Å². The Balaban J connectivity index is 0.951. The van der Waals surface area contributed by atoms with Gasteiger partial charge in [-0.15, -0.1) is 0 Å². The van der Waals surface area contributed by atoms with E-state index in [2.05, 4.69) is 49.0 Å². The monoisotopic (exact) mass is 688 g/mol. The number of rotatable bonds is 8. The highest BCUT2D eigenvalue weighted by Crippen LogP contribution is 2.37. The minimum atomic E-state index is -4.33. The number of ether oxygens (including phenoxy) is 1. The molecule has 2 amide bonds. The third kappa shape index (κ3) is 7.00. The predicted octanol–water partition coefficient (Wildman–Crippen LogP) is 4.76. The Bertz CT molecular complexity index is 1880. The molecule has 3 aliphatic rings. The molecule has 3 aliphatic heterocycles. The van der Waals surface area contributed by atoms with Gasteiger partial charge < -0.3 is 20.3 Å². The third-order valence-electron chi connectivity index (χ3n) is 10.2. The number of fused-ring (bicyclic) bond motifs is 1. The Kier molecular flexibility index (Phi) is 9.42. The van der Waals surface area contributed by atoms with Crippen LogP contribution in [0.5, 0.6) is 0 Å². The van der Waals surface area contributed by atoms with Crippen molar-refractivity contribution in [2.75, 3.05) is 51.7 Å². The molecule has 0 aliphatic carbocycles. The van der Waals surface area contributed by atoms with Crippen LogP contribution in [0.1, 0.15) is 42.9 Å². The van der Waals surface area contributed by atoms with Crippen LogP contribution in [0.3, 0.4) is 0 Å². The highest BCUT2D eigenvalue weighted by Gasteiger charge is 2.46. The Morgan fingerprint density at radius 1 is 1.08 bits per heavy atom. The average molecular weight is 689 g/mol. The number of aromatic amines is 1. The van der Waals surface area contributed by atoms with Crippen molar-refractivity contribution in [3.63, 3.8) is 0 Å². The normalized spacial score (nSPS) is 23.2. The summed E-state index contributed by atoms with van der Waals surface area (Å²) in [5.74, 6) is -0.0217. The number of hydrogen-bond acceptors (Lipinski definition) is 8. The molecule has 2 unspecified atom stereocenters. The number of carbonyl (C=O) groups is 2. The van der Waals surface area contributed by atoms with E-state index < -0.39 is 17.8 Å². The van der Waals surface area contributed by atoms with E-state index in [1.54, 1.807) is 36.7 Å². The number of piperidine rings is 1. The molecule has 50 heavy (non-hydrogen) atoms. The van der Waals surface area contributed by atoms with Crippen LogP contribution in [0.15, 0.2) is 67.0 Å². The van der Waals surface area contributed by atoms with E-state index in [9.17, 15) is 22.8 Å². The first kappa shape index (κ1) is 33.8. The van der Waals surface area contributed by atoms with Crippen molar-refractivity contribution in [2.24, 2.45) is 0 Å². The Hall–Kier alpha value is -4.66. The molecule has 0 saturated carbocycles. The number of carbonyl (C=O) groups excluding carboxylic acids is 2. The summed E-state index contributed by atoms with van der Waals surface area (Å²) in [5.41, 5.74) is 3.83. The number of alkyl halides is 3. The number of methoxy groups -OCH3 is 1. The van der Waals surface area contributed by atoms with Crippen molar-refractivity contribution in [2.45, 2.75) is 49.4 Å². The number of aromatic nitrogens is 4. The van der Waals surface area contributed by atoms with Crippen LogP contribution in [-0.2, 0) is 14.3 Å². The highest BCUT2D eigenvalue weighted by atomic mass is 19.4. The van der Waals surface area contributed by atoms with Gasteiger partial charge in [-0.2, -0.15) is 18.3 Å². The lowest BCUT2D eigenvalue weighted by Crippen LogP contribution is -2.48. The van der Waals surface area contributed by atoms with E-state index in [4.69, 9.17) is 4.74 Å². The zero-order valence-corrected chi connectivity index (χ0v) is 27.7. The van der Waals surface area contributed by atoms with Crippen molar-refractivity contribution in [3.8, 4) is 11.4 Å². The standard InChI is InChI=1S/C36H39F3N8O3/c1-50-35(34(49)43-27-7-8-29-28(20-27)32(45-44-29)26-9-15-40-30(19-26)36(37,38)39)12-18-46(22-35)21-31(48)47-16-10-24(11-17-47)23-3-5-25(6-4-23)33-41-13-2-14-42-33/h2-8,10,13-14,20,26,30,40H,9,11-12,15-19,21-22H2,1H3,(H,43,49)(H,44,45)/t26?,30?,35-/m0/s1. The molecule has 3 atom stereocenters. The first-order valence-corrected chi connectivity index (χ1v) is 16.8. The lowest BCUT2D eigenvalue weighted by molar-refractivity contribution is -0.161. The van der Waals surface area contributed by atoms with Crippen LogP contribution in [0.25, 0.3) is 27.9 Å². The maximum Gasteiger partial charge on any atom is 0.403 e. The number of anilines is 1. The zero-order chi connectivity index (χ0) is 34.9. The fourth-order valence-corrected chi connectivity index (χ4v) is 7.26. The van der Waals surface area contributed by atoms with Crippen molar-refractivity contribution in [1.82, 2.24) is 35.3 Å². The van der Waals surface area contributed by atoms with Gasteiger partial charge in [0.1, 0.15) is 6.04 Å². The zero-order valence-electron chi connectivity index (χ0n) is 27.7. The molecule has 4 aromatic rings. The van der Waals surface area contributed by atoms with Crippen LogP contribution < -0.4 is 10.6 Å². The molecule has 0 spiro atoms. The quantitative estimate of drug-likeness (QED) is 0.242. The number of nitrogens with zero attached hydrogens (tertiary/aromatic N) is 5. The van der Waals surface area contributed by atoms with Crippen molar-refractivity contribution >= 4 is 34.0 Å². The van der Waals surface area contributed by atoms with Gasteiger partial charge in [-0.1, -0.05) is 30.3 Å². The van der Waals surface area contributed by atoms with Crippen LogP contribution in [0.2, 0.25) is 0 Å². The third-order valence-corrected chi connectivity index (χ3v) is 10.2. The van der Waals surface area contributed by atoms with Gasteiger partial charge in [-0.25, -0.2) is 9.97 Å². The number of benzene rings is 2. The molecular formula is C36H39F3N8O3. The molecule has 0 bridgehead atoms. The second-order valence-corrected chi connectivity index (χ2v) is 13.2. The van der Waals surface area contributed by atoms with Gasteiger partial charge in [0.2, 0.25) is 5.91 Å². The molecule has 2 aromatic carbocycles. The molecule has 2 fully saturated rings. The fourth-order valence-electron chi connectivity index (χ4n) is 7.26. The van der Waals surface area contributed by atoms with E-state index in [0.29, 0.717) is 60.6 Å². The fraction of sp³-hybridized carbons (Fsp3) is 0.417. The number of halogens is 3. The Labute approximate surface area is 287 Å². The molecule has 0 radical (unpaired) electrons. The van der Waals surface area contributed by atoms with Crippen molar-refractivity contribution in [3.05, 3.63) is 78.3 Å². The Morgan fingerprint density at radius 2 is 1.86 bits per heavy atom. The number of likely N-dealkylation sites (tertiary alicyclic amines) is 1. The second kappa shape index (κ2) is 13.9. The van der Waals surface area contributed by atoms with Crippen LogP contribution in [-0.4, -0.2) is 106 Å². The minimum absolute atomic E-state index is 0.00667. The first-order chi connectivity index (χ1) is 24.1. The smallest absolute Gasteiger partial charge is 0.367 e. The van der Waals surface area contributed by atoms with Crippen molar-refractivity contribution in [1.29, 1.82) is 0 Å². The molecule has 262 valence electrons. The van der Waals surface area contributed by atoms with Crippen LogP contribution in [0, 0.1) is 0 Å².